The molecule has 0 atom stereocenters. The topological polar surface area (TPSA) is 17.3 Å². The first-order chi connectivity index (χ1) is 6.45. The quantitative estimate of drug-likeness (QED) is 0.587. The third-order valence-electron chi connectivity index (χ3n) is 2.77. The summed E-state index contributed by atoms with van der Waals surface area (Å²) >= 11 is 1.74. The zero-order chi connectivity index (χ0) is 8.67. The van der Waals surface area contributed by atoms with Gasteiger partial charge in [0.2, 0.25) is 0 Å². The molecule has 2 aromatic rings. The van der Waals surface area contributed by atoms with E-state index in [9.17, 15) is 0 Å². The Kier molecular flexibility index (Phi) is 1.65. The fourth-order valence-corrected chi connectivity index (χ4v) is 2.86. The van der Waals surface area contributed by atoms with Crippen molar-refractivity contribution in [3.8, 4) is 0 Å². The Labute approximate surface area is 81.2 Å². The van der Waals surface area contributed by atoms with Crippen molar-refractivity contribution in [2.45, 2.75) is 32.1 Å². The number of imidazole rings is 1. The highest BCUT2D eigenvalue weighted by atomic mass is 32.1. The maximum absolute atomic E-state index is 4.65. The molecule has 0 spiro atoms. The van der Waals surface area contributed by atoms with Crippen LogP contribution in [0, 0.1) is 0 Å². The summed E-state index contributed by atoms with van der Waals surface area (Å²) in [5, 5.41) is 2.12. The molecule has 0 aromatic carbocycles. The Bertz CT molecular complexity index is 427. The molecule has 2 aromatic heterocycles. The molecule has 0 N–H and O–H groups in total. The van der Waals surface area contributed by atoms with Gasteiger partial charge in [-0.1, -0.05) is 6.42 Å². The van der Waals surface area contributed by atoms with Crippen molar-refractivity contribution in [1.82, 2.24) is 9.38 Å². The molecule has 2 nitrogen and oxygen atoms in total. The van der Waals surface area contributed by atoms with E-state index in [2.05, 4.69) is 21.0 Å². The number of fused-ring (bicyclic) bond motifs is 3. The second-order valence-electron chi connectivity index (χ2n) is 3.62. The van der Waals surface area contributed by atoms with Gasteiger partial charge < -0.3 is 0 Å². The van der Waals surface area contributed by atoms with E-state index < -0.39 is 0 Å². The monoisotopic (exact) mass is 192 g/mol. The van der Waals surface area contributed by atoms with Gasteiger partial charge in [-0.25, -0.2) is 4.98 Å². The van der Waals surface area contributed by atoms with Gasteiger partial charge in [-0.2, -0.15) is 0 Å². The van der Waals surface area contributed by atoms with Gasteiger partial charge in [-0.3, -0.25) is 4.40 Å². The molecule has 1 aliphatic carbocycles. The molecule has 0 radical (unpaired) electrons. The number of hydrogen-bond donors (Lipinski definition) is 0. The predicted molar refractivity (Wildman–Crippen MR) is 54.3 cm³/mol. The fraction of sp³-hybridized carbons (Fsp3) is 0.500. The van der Waals surface area contributed by atoms with Gasteiger partial charge in [0.05, 0.1) is 5.69 Å². The van der Waals surface area contributed by atoms with Gasteiger partial charge in [0.15, 0.2) is 4.96 Å². The van der Waals surface area contributed by atoms with Crippen molar-refractivity contribution < 1.29 is 0 Å². The molecule has 68 valence electrons. The van der Waals surface area contributed by atoms with Crippen LogP contribution < -0.4 is 0 Å². The molecule has 0 amide bonds. The van der Waals surface area contributed by atoms with E-state index in [1.165, 1.54) is 48.5 Å². The zero-order valence-electron chi connectivity index (χ0n) is 7.49. The van der Waals surface area contributed by atoms with Gasteiger partial charge >= 0.3 is 0 Å². The van der Waals surface area contributed by atoms with E-state index in [0.717, 1.165) is 0 Å². The number of rotatable bonds is 0. The maximum atomic E-state index is 4.65. The standard InChI is InChI=1S/C10H12N2S/c1-2-4-8-9(5-3-1)12-6-7-13-10(12)11-8/h6-7H,1-5H2. The van der Waals surface area contributed by atoms with E-state index in [1.807, 2.05) is 0 Å². The van der Waals surface area contributed by atoms with Crippen LogP contribution in [0.3, 0.4) is 0 Å². The minimum absolute atomic E-state index is 1.17. The molecule has 2 heterocycles. The Morgan fingerprint density at radius 3 is 3.15 bits per heavy atom. The van der Waals surface area contributed by atoms with Crippen molar-refractivity contribution >= 4 is 16.3 Å². The fourth-order valence-electron chi connectivity index (χ4n) is 2.10. The molecule has 0 unspecified atom stereocenters. The molecule has 3 heteroatoms. The normalized spacial score (nSPS) is 17.2. The van der Waals surface area contributed by atoms with Crippen molar-refractivity contribution in [3.63, 3.8) is 0 Å². The summed E-state index contributed by atoms with van der Waals surface area (Å²) < 4.78 is 2.27. The summed E-state index contributed by atoms with van der Waals surface area (Å²) in [6.45, 7) is 0. The van der Waals surface area contributed by atoms with Crippen LogP contribution in [0.15, 0.2) is 11.6 Å². The molecular weight excluding hydrogens is 180 g/mol. The highest BCUT2D eigenvalue weighted by Crippen LogP contribution is 2.23. The first kappa shape index (κ1) is 7.56. The molecule has 0 saturated heterocycles. The lowest BCUT2D eigenvalue weighted by atomic mass is 10.2. The van der Waals surface area contributed by atoms with E-state index in [4.69, 9.17) is 0 Å². The summed E-state index contributed by atoms with van der Waals surface area (Å²) in [6, 6.07) is 0. The second kappa shape index (κ2) is 2.84. The summed E-state index contributed by atoms with van der Waals surface area (Å²) in [7, 11) is 0. The van der Waals surface area contributed by atoms with Gasteiger partial charge in [0.1, 0.15) is 0 Å². The number of aryl methyl sites for hydroxylation is 2. The van der Waals surface area contributed by atoms with Gasteiger partial charge in [0.25, 0.3) is 0 Å². The third-order valence-corrected chi connectivity index (χ3v) is 3.53. The van der Waals surface area contributed by atoms with Crippen molar-refractivity contribution in [2.24, 2.45) is 0 Å². The summed E-state index contributed by atoms with van der Waals surface area (Å²) in [5.74, 6) is 0. The molecule has 0 fully saturated rings. The Morgan fingerprint density at radius 2 is 2.15 bits per heavy atom. The van der Waals surface area contributed by atoms with Crippen LogP contribution in [-0.2, 0) is 12.8 Å². The van der Waals surface area contributed by atoms with Crippen molar-refractivity contribution in [2.75, 3.05) is 0 Å². The molecule has 3 rings (SSSR count). The number of thiazole rings is 1. The zero-order valence-corrected chi connectivity index (χ0v) is 8.31. The van der Waals surface area contributed by atoms with Gasteiger partial charge in [0, 0.05) is 17.3 Å². The summed E-state index contributed by atoms with van der Waals surface area (Å²) in [4.78, 5) is 5.83. The van der Waals surface area contributed by atoms with Crippen LogP contribution in [-0.4, -0.2) is 9.38 Å². The predicted octanol–water partition coefficient (Wildman–Crippen LogP) is 2.66. The van der Waals surface area contributed by atoms with Crippen LogP contribution >= 0.6 is 11.3 Å². The molecular formula is C10H12N2S. The second-order valence-corrected chi connectivity index (χ2v) is 4.49. The highest BCUT2D eigenvalue weighted by Gasteiger charge is 2.14. The first-order valence-electron chi connectivity index (χ1n) is 4.88. The van der Waals surface area contributed by atoms with E-state index in [1.54, 1.807) is 11.3 Å². The minimum atomic E-state index is 1.17. The molecule has 1 aliphatic rings. The van der Waals surface area contributed by atoms with E-state index >= 15 is 0 Å². The smallest absolute Gasteiger partial charge is 0.194 e. The molecule has 0 aliphatic heterocycles. The van der Waals surface area contributed by atoms with E-state index in [-0.39, 0.29) is 0 Å². The van der Waals surface area contributed by atoms with Crippen LogP contribution in [0.1, 0.15) is 30.7 Å². The number of aromatic nitrogens is 2. The van der Waals surface area contributed by atoms with Crippen LogP contribution in [0.5, 0.6) is 0 Å². The molecule has 13 heavy (non-hydrogen) atoms. The average Bonchev–Trinajstić information content (AvgIpc) is 2.61. The Morgan fingerprint density at radius 1 is 1.23 bits per heavy atom. The molecule has 0 saturated carbocycles. The molecule has 0 bridgehead atoms. The Hall–Kier alpha value is -0.830. The highest BCUT2D eigenvalue weighted by molar-refractivity contribution is 7.15. The lowest BCUT2D eigenvalue weighted by Crippen LogP contribution is -1.91. The van der Waals surface area contributed by atoms with Crippen molar-refractivity contribution in [1.29, 1.82) is 0 Å². The van der Waals surface area contributed by atoms with Crippen LogP contribution in [0.2, 0.25) is 0 Å². The van der Waals surface area contributed by atoms with Crippen LogP contribution in [0.4, 0.5) is 0 Å². The maximum Gasteiger partial charge on any atom is 0.194 e. The van der Waals surface area contributed by atoms with Crippen molar-refractivity contribution in [3.05, 3.63) is 23.0 Å². The SMILES string of the molecule is c1cn2c3c(nc2s1)CCCCC3. The first-order valence-corrected chi connectivity index (χ1v) is 5.76. The van der Waals surface area contributed by atoms with E-state index in [0.29, 0.717) is 0 Å². The summed E-state index contributed by atoms with van der Waals surface area (Å²) in [6.07, 6.45) is 8.56. The lowest BCUT2D eigenvalue weighted by molar-refractivity contribution is 0.702. The summed E-state index contributed by atoms with van der Waals surface area (Å²) in [5.41, 5.74) is 2.82. The van der Waals surface area contributed by atoms with Gasteiger partial charge in [-0.15, -0.1) is 11.3 Å². The third kappa shape index (κ3) is 1.10. The Balaban J connectivity index is 2.22. The lowest BCUT2D eigenvalue weighted by Gasteiger charge is -1.96. The minimum Gasteiger partial charge on any atom is -0.294 e. The number of nitrogens with zero attached hydrogens (tertiary/aromatic N) is 2. The average molecular weight is 192 g/mol. The largest absolute Gasteiger partial charge is 0.294 e. The van der Waals surface area contributed by atoms with Crippen LogP contribution in [0.25, 0.3) is 4.96 Å². The van der Waals surface area contributed by atoms with Gasteiger partial charge in [-0.05, 0) is 25.7 Å². The number of hydrogen-bond acceptors (Lipinski definition) is 2.